The molecule has 3 heteroatoms. The second kappa shape index (κ2) is 4.90. The average molecular weight is 223 g/mol. The van der Waals surface area contributed by atoms with Crippen LogP contribution < -0.4 is 5.73 Å². The number of rotatable bonds is 2. The van der Waals surface area contributed by atoms with Gasteiger partial charge < -0.3 is 10.8 Å². The van der Waals surface area contributed by atoms with Gasteiger partial charge >= 0.3 is 0 Å². The maximum absolute atomic E-state index is 9.47. The minimum Gasteiger partial charge on any atom is -0.508 e. The molecule has 0 spiro atoms. The third-order valence-corrected chi connectivity index (χ3v) is 4.26. The van der Waals surface area contributed by atoms with Gasteiger partial charge in [0.05, 0.1) is 0 Å². The lowest BCUT2D eigenvalue weighted by Crippen LogP contribution is -2.28. The zero-order valence-corrected chi connectivity index (χ0v) is 9.54. The van der Waals surface area contributed by atoms with E-state index in [-0.39, 0.29) is 0 Å². The summed E-state index contributed by atoms with van der Waals surface area (Å²) in [7, 11) is 0. The van der Waals surface area contributed by atoms with Crippen LogP contribution in [-0.2, 0) is 0 Å². The van der Waals surface area contributed by atoms with E-state index in [2.05, 4.69) is 6.07 Å². The summed E-state index contributed by atoms with van der Waals surface area (Å²) in [4.78, 5) is 0. The van der Waals surface area contributed by atoms with Gasteiger partial charge in [0, 0.05) is 0 Å². The van der Waals surface area contributed by atoms with Gasteiger partial charge in [-0.25, -0.2) is 0 Å². The Morgan fingerprint density at radius 2 is 2.33 bits per heavy atom. The molecule has 2 rings (SSSR count). The molecule has 3 N–H and O–H groups in total. The fourth-order valence-electron chi connectivity index (χ4n) is 2.22. The SMILES string of the molecule is NCC1CSCCC1c1cccc(O)c1. The molecule has 1 fully saturated rings. The summed E-state index contributed by atoms with van der Waals surface area (Å²) in [6.45, 7) is 0.743. The van der Waals surface area contributed by atoms with Crippen molar-refractivity contribution in [2.45, 2.75) is 12.3 Å². The van der Waals surface area contributed by atoms with Crippen molar-refractivity contribution in [1.82, 2.24) is 0 Å². The number of hydrogen-bond donors (Lipinski definition) is 2. The summed E-state index contributed by atoms with van der Waals surface area (Å²) in [5, 5.41) is 9.47. The van der Waals surface area contributed by atoms with E-state index in [9.17, 15) is 5.11 Å². The third kappa shape index (κ3) is 2.47. The molecule has 1 saturated heterocycles. The summed E-state index contributed by atoms with van der Waals surface area (Å²) in [5.41, 5.74) is 7.03. The summed E-state index contributed by atoms with van der Waals surface area (Å²) in [6.07, 6.45) is 1.18. The van der Waals surface area contributed by atoms with Crippen molar-refractivity contribution in [2.75, 3.05) is 18.1 Å². The number of aromatic hydroxyl groups is 1. The molecule has 1 aromatic rings. The van der Waals surface area contributed by atoms with E-state index in [1.807, 2.05) is 23.9 Å². The highest BCUT2D eigenvalue weighted by Crippen LogP contribution is 2.36. The van der Waals surface area contributed by atoms with E-state index in [0.717, 1.165) is 12.3 Å². The molecular formula is C12H17NOS. The first-order valence-electron chi connectivity index (χ1n) is 5.38. The summed E-state index contributed by atoms with van der Waals surface area (Å²) in [6, 6.07) is 7.62. The number of thioether (sulfide) groups is 1. The zero-order chi connectivity index (χ0) is 10.7. The first-order chi connectivity index (χ1) is 7.31. The molecule has 0 bridgehead atoms. The number of phenolic OH excluding ortho intramolecular Hbond substituents is 1. The van der Waals surface area contributed by atoms with E-state index in [1.165, 1.54) is 17.7 Å². The molecule has 0 aromatic heterocycles. The van der Waals surface area contributed by atoms with Crippen LogP contribution in [0.3, 0.4) is 0 Å². The Kier molecular flexibility index (Phi) is 3.54. The van der Waals surface area contributed by atoms with E-state index in [0.29, 0.717) is 17.6 Å². The fourth-order valence-corrected chi connectivity index (χ4v) is 3.48. The first-order valence-corrected chi connectivity index (χ1v) is 6.53. The Labute approximate surface area is 94.9 Å². The minimum absolute atomic E-state index is 0.362. The minimum atomic E-state index is 0.362. The Hall–Kier alpha value is -0.670. The molecule has 1 aromatic carbocycles. The van der Waals surface area contributed by atoms with Crippen LogP contribution in [0.5, 0.6) is 5.75 Å². The van der Waals surface area contributed by atoms with Gasteiger partial charge in [0.1, 0.15) is 5.75 Å². The highest BCUT2D eigenvalue weighted by atomic mass is 32.2. The zero-order valence-electron chi connectivity index (χ0n) is 8.73. The molecule has 1 aliphatic heterocycles. The summed E-state index contributed by atoms with van der Waals surface area (Å²) < 4.78 is 0. The molecule has 15 heavy (non-hydrogen) atoms. The standard InChI is InChI=1S/C12H17NOS/c13-7-10-8-15-5-4-12(10)9-2-1-3-11(14)6-9/h1-3,6,10,12,14H,4-5,7-8,13H2. The second-order valence-corrected chi connectivity index (χ2v) is 5.21. The Morgan fingerprint density at radius 1 is 1.47 bits per heavy atom. The van der Waals surface area contributed by atoms with E-state index in [4.69, 9.17) is 5.73 Å². The van der Waals surface area contributed by atoms with Gasteiger partial charge in [-0.05, 0) is 54.0 Å². The van der Waals surface area contributed by atoms with E-state index in [1.54, 1.807) is 6.07 Å². The molecule has 0 radical (unpaired) electrons. The monoisotopic (exact) mass is 223 g/mol. The van der Waals surface area contributed by atoms with Crippen LogP contribution in [0.15, 0.2) is 24.3 Å². The van der Waals surface area contributed by atoms with E-state index < -0.39 is 0 Å². The molecule has 1 aliphatic rings. The van der Waals surface area contributed by atoms with Crippen LogP contribution in [0.2, 0.25) is 0 Å². The third-order valence-electron chi connectivity index (χ3n) is 3.08. The van der Waals surface area contributed by atoms with Gasteiger partial charge in [-0.15, -0.1) is 0 Å². The molecule has 1 heterocycles. The van der Waals surface area contributed by atoms with Crippen molar-refractivity contribution in [3.05, 3.63) is 29.8 Å². The average Bonchev–Trinajstić information content (AvgIpc) is 2.29. The van der Waals surface area contributed by atoms with Gasteiger partial charge in [-0.1, -0.05) is 12.1 Å². The van der Waals surface area contributed by atoms with Crippen LogP contribution in [0.25, 0.3) is 0 Å². The number of nitrogens with two attached hydrogens (primary N) is 1. The topological polar surface area (TPSA) is 46.2 Å². The molecular weight excluding hydrogens is 206 g/mol. The lowest BCUT2D eigenvalue weighted by molar-refractivity contribution is 0.446. The molecule has 82 valence electrons. The lowest BCUT2D eigenvalue weighted by atomic mass is 9.84. The lowest BCUT2D eigenvalue weighted by Gasteiger charge is -2.30. The van der Waals surface area contributed by atoms with Gasteiger partial charge in [-0.3, -0.25) is 0 Å². The molecule has 2 nitrogen and oxygen atoms in total. The number of benzene rings is 1. The Bertz CT molecular complexity index is 329. The highest BCUT2D eigenvalue weighted by Gasteiger charge is 2.25. The van der Waals surface area contributed by atoms with Crippen molar-refractivity contribution >= 4 is 11.8 Å². The maximum atomic E-state index is 9.47. The predicted molar refractivity (Wildman–Crippen MR) is 65.3 cm³/mol. The number of hydrogen-bond acceptors (Lipinski definition) is 3. The number of phenols is 1. The molecule has 2 atom stereocenters. The maximum Gasteiger partial charge on any atom is 0.115 e. The van der Waals surface area contributed by atoms with Gasteiger partial charge in [0.15, 0.2) is 0 Å². The smallest absolute Gasteiger partial charge is 0.115 e. The fraction of sp³-hybridized carbons (Fsp3) is 0.500. The molecule has 0 aliphatic carbocycles. The predicted octanol–water partition coefficient (Wildman–Crippen LogP) is 2.19. The van der Waals surface area contributed by atoms with Crippen molar-refractivity contribution < 1.29 is 5.11 Å². The van der Waals surface area contributed by atoms with Gasteiger partial charge in [0.2, 0.25) is 0 Å². The summed E-state index contributed by atoms with van der Waals surface area (Å²) in [5.74, 6) is 3.81. The van der Waals surface area contributed by atoms with Crippen molar-refractivity contribution in [3.63, 3.8) is 0 Å². The van der Waals surface area contributed by atoms with Crippen LogP contribution in [0, 0.1) is 5.92 Å². The largest absolute Gasteiger partial charge is 0.508 e. The normalized spacial score (nSPS) is 26.5. The second-order valence-electron chi connectivity index (χ2n) is 4.06. The van der Waals surface area contributed by atoms with Crippen LogP contribution in [0.4, 0.5) is 0 Å². The first kappa shape index (κ1) is 10.8. The Morgan fingerprint density at radius 3 is 3.07 bits per heavy atom. The molecule has 0 amide bonds. The van der Waals surface area contributed by atoms with E-state index >= 15 is 0 Å². The van der Waals surface area contributed by atoms with Crippen LogP contribution in [0.1, 0.15) is 17.9 Å². The molecule has 2 unspecified atom stereocenters. The van der Waals surface area contributed by atoms with Crippen molar-refractivity contribution in [1.29, 1.82) is 0 Å². The van der Waals surface area contributed by atoms with Gasteiger partial charge in [0.25, 0.3) is 0 Å². The Balaban J connectivity index is 2.20. The summed E-state index contributed by atoms with van der Waals surface area (Å²) >= 11 is 1.99. The van der Waals surface area contributed by atoms with Crippen LogP contribution in [-0.4, -0.2) is 23.2 Å². The van der Waals surface area contributed by atoms with Crippen LogP contribution >= 0.6 is 11.8 Å². The highest BCUT2D eigenvalue weighted by molar-refractivity contribution is 7.99. The van der Waals surface area contributed by atoms with Crippen molar-refractivity contribution in [3.8, 4) is 5.75 Å². The van der Waals surface area contributed by atoms with Crippen molar-refractivity contribution in [2.24, 2.45) is 11.7 Å². The van der Waals surface area contributed by atoms with Gasteiger partial charge in [-0.2, -0.15) is 11.8 Å². The quantitative estimate of drug-likeness (QED) is 0.808. The molecule has 0 saturated carbocycles.